The number of aromatic nitrogens is 1. The van der Waals surface area contributed by atoms with Crippen LogP contribution < -0.4 is 4.90 Å². The van der Waals surface area contributed by atoms with Crippen molar-refractivity contribution in [2.75, 3.05) is 4.90 Å². The summed E-state index contributed by atoms with van der Waals surface area (Å²) in [6.07, 6.45) is 6.00. The second kappa shape index (κ2) is 18.1. The standard InChI is InChI=1S/C67H48N2O/c1-3-4-20-61-46(2)68(65-23-10-8-21-62(61)65)59-18-12-17-55(43-59)52-29-25-48(26-30-52)50-33-38-57(39-34-50)69(60-19-13-16-54(44-60)47-14-6-5-7-15-47)58-40-35-51(36-41-58)49-27-31-53(32-28-49)56-37-42-64-63-22-9-11-24-66(63)70-67(64)45-56/h3-45H,1H2,2H3/b20-4-. The van der Waals surface area contributed by atoms with Crippen molar-refractivity contribution in [2.45, 2.75) is 6.92 Å². The van der Waals surface area contributed by atoms with Gasteiger partial charge in [-0.1, -0.05) is 195 Å². The van der Waals surface area contributed by atoms with Crippen LogP contribution in [0.1, 0.15) is 11.3 Å². The number of rotatable bonds is 11. The third-order valence-electron chi connectivity index (χ3n) is 13.6. The molecule has 0 N–H and O–H groups in total. The van der Waals surface area contributed by atoms with Crippen molar-refractivity contribution in [1.29, 1.82) is 0 Å². The minimum absolute atomic E-state index is 0.906. The molecule has 0 atom stereocenters. The summed E-state index contributed by atoms with van der Waals surface area (Å²) in [4.78, 5) is 2.35. The summed E-state index contributed by atoms with van der Waals surface area (Å²) < 4.78 is 8.56. The van der Waals surface area contributed by atoms with E-state index in [1.165, 1.54) is 50.0 Å². The molecule has 0 saturated heterocycles. The normalized spacial score (nSPS) is 11.5. The number of benzene rings is 10. The lowest BCUT2D eigenvalue weighted by Crippen LogP contribution is -2.10. The monoisotopic (exact) mass is 896 g/mol. The minimum atomic E-state index is 0.906. The summed E-state index contributed by atoms with van der Waals surface area (Å²) in [5.74, 6) is 0. The minimum Gasteiger partial charge on any atom is -0.456 e. The lowest BCUT2D eigenvalue weighted by molar-refractivity contribution is 0.669. The molecular formula is C67H48N2O. The maximum atomic E-state index is 6.20. The van der Waals surface area contributed by atoms with Crippen molar-refractivity contribution in [3.63, 3.8) is 0 Å². The Bertz CT molecular complexity index is 3870. The fourth-order valence-electron chi connectivity index (χ4n) is 10.0. The zero-order valence-electron chi connectivity index (χ0n) is 38.8. The van der Waals surface area contributed by atoms with Crippen LogP contribution in [0.15, 0.2) is 266 Å². The van der Waals surface area contributed by atoms with Crippen LogP contribution in [0, 0.1) is 6.92 Å². The smallest absolute Gasteiger partial charge is 0.136 e. The maximum Gasteiger partial charge on any atom is 0.136 e. The van der Waals surface area contributed by atoms with Crippen molar-refractivity contribution in [1.82, 2.24) is 4.57 Å². The highest BCUT2D eigenvalue weighted by Crippen LogP contribution is 2.40. The molecule has 3 heteroatoms. The fourth-order valence-corrected chi connectivity index (χ4v) is 10.0. The van der Waals surface area contributed by atoms with Crippen LogP contribution in [-0.2, 0) is 0 Å². The molecule has 3 nitrogen and oxygen atoms in total. The van der Waals surface area contributed by atoms with Gasteiger partial charge in [-0.05, 0) is 135 Å². The average Bonchev–Trinajstić information content (AvgIpc) is 3.94. The molecule has 0 aliphatic rings. The van der Waals surface area contributed by atoms with E-state index in [-0.39, 0.29) is 0 Å². The van der Waals surface area contributed by atoms with Gasteiger partial charge in [0.2, 0.25) is 0 Å². The van der Waals surface area contributed by atoms with Crippen molar-refractivity contribution in [2.24, 2.45) is 0 Å². The first-order valence-electron chi connectivity index (χ1n) is 23.8. The predicted molar refractivity (Wildman–Crippen MR) is 296 cm³/mol. The second-order valence-electron chi connectivity index (χ2n) is 17.8. The lowest BCUT2D eigenvalue weighted by Gasteiger charge is -2.26. The maximum absolute atomic E-state index is 6.20. The summed E-state index contributed by atoms with van der Waals surface area (Å²) in [6, 6.07) is 87.2. The Balaban J connectivity index is 0.825. The zero-order chi connectivity index (χ0) is 47.0. The van der Waals surface area contributed by atoms with Gasteiger partial charge in [0.25, 0.3) is 0 Å². The van der Waals surface area contributed by atoms with Crippen LogP contribution in [0.4, 0.5) is 17.1 Å². The zero-order valence-corrected chi connectivity index (χ0v) is 38.8. The van der Waals surface area contributed by atoms with Gasteiger partial charge in [-0.3, -0.25) is 0 Å². The molecule has 0 amide bonds. The number of nitrogens with zero attached hydrogens (tertiary/aromatic N) is 2. The van der Waals surface area contributed by atoms with Gasteiger partial charge in [0.15, 0.2) is 0 Å². The van der Waals surface area contributed by atoms with Crippen molar-refractivity contribution in [3.05, 3.63) is 273 Å². The number of fused-ring (bicyclic) bond motifs is 4. The molecule has 10 aromatic carbocycles. The van der Waals surface area contributed by atoms with E-state index in [4.69, 9.17) is 4.42 Å². The van der Waals surface area contributed by atoms with E-state index in [1.807, 2.05) is 24.3 Å². The quantitative estimate of drug-likeness (QED) is 0.121. The van der Waals surface area contributed by atoms with E-state index in [9.17, 15) is 0 Å². The van der Waals surface area contributed by atoms with Gasteiger partial charge in [-0.2, -0.15) is 0 Å². The summed E-state index contributed by atoms with van der Waals surface area (Å²) >= 11 is 0. The molecule has 2 aromatic heterocycles. The molecule has 0 spiro atoms. The Morgan fingerprint density at radius 2 is 0.857 bits per heavy atom. The fraction of sp³-hybridized carbons (Fsp3) is 0.0149. The van der Waals surface area contributed by atoms with Gasteiger partial charge < -0.3 is 13.9 Å². The van der Waals surface area contributed by atoms with Crippen LogP contribution in [-0.4, -0.2) is 4.57 Å². The Labute approximate surface area is 408 Å². The molecule has 0 aliphatic carbocycles. The van der Waals surface area contributed by atoms with E-state index < -0.39 is 0 Å². The summed E-state index contributed by atoms with van der Waals surface area (Å²) in [6.45, 7) is 6.09. The molecule has 332 valence electrons. The number of para-hydroxylation sites is 2. The third kappa shape index (κ3) is 7.90. The highest BCUT2D eigenvalue weighted by Gasteiger charge is 2.17. The first-order valence-corrected chi connectivity index (χ1v) is 23.8. The van der Waals surface area contributed by atoms with E-state index in [0.717, 1.165) is 72.5 Å². The van der Waals surface area contributed by atoms with E-state index >= 15 is 0 Å². The van der Waals surface area contributed by atoms with E-state index in [1.54, 1.807) is 0 Å². The van der Waals surface area contributed by atoms with Gasteiger partial charge in [-0.15, -0.1) is 0 Å². The molecule has 0 saturated carbocycles. The molecule has 12 aromatic rings. The summed E-state index contributed by atoms with van der Waals surface area (Å²) in [7, 11) is 0. The van der Waals surface area contributed by atoms with Crippen LogP contribution in [0.3, 0.4) is 0 Å². The Morgan fingerprint density at radius 3 is 1.50 bits per heavy atom. The number of hydrogen-bond donors (Lipinski definition) is 0. The SMILES string of the molecule is C=C/C=C\c1c(C)n(-c2cccc(-c3ccc(-c4ccc(N(c5ccc(-c6ccc(-c7ccc8c(c7)oc7ccccc78)cc6)cc5)c5cccc(-c6ccccc6)c5)cc4)cc3)c2)c2ccccc12. The first-order chi connectivity index (χ1) is 34.6. The van der Waals surface area contributed by atoms with Gasteiger partial charge in [0, 0.05) is 50.2 Å². The largest absolute Gasteiger partial charge is 0.456 e. The second-order valence-corrected chi connectivity index (χ2v) is 17.8. The molecule has 0 radical (unpaired) electrons. The number of allylic oxidation sites excluding steroid dienone is 2. The van der Waals surface area contributed by atoms with Gasteiger partial charge in [-0.25, -0.2) is 0 Å². The Kier molecular flexibility index (Phi) is 10.9. The third-order valence-corrected chi connectivity index (χ3v) is 13.6. The van der Waals surface area contributed by atoms with Crippen LogP contribution in [0.25, 0.3) is 100 Å². The molecule has 12 rings (SSSR count). The summed E-state index contributed by atoms with van der Waals surface area (Å²) in [5.41, 5.74) is 21.5. The number of hydrogen-bond acceptors (Lipinski definition) is 2. The molecule has 2 heterocycles. The molecule has 0 aliphatic heterocycles. The highest BCUT2D eigenvalue weighted by molar-refractivity contribution is 6.06. The lowest BCUT2D eigenvalue weighted by atomic mass is 9.99. The Morgan fingerprint density at radius 1 is 0.386 bits per heavy atom. The first kappa shape index (κ1) is 42.2. The van der Waals surface area contributed by atoms with Crippen LogP contribution in [0.5, 0.6) is 0 Å². The van der Waals surface area contributed by atoms with Crippen molar-refractivity contribution >= 4 is 56.0 Å². The predicted octanol–water partition coefficient (Wildman–Crippen LogP) is 18.8. The summed E-state index contributed by atoms with van der Waals surface area (Å²) in [5, 5.41) is 3.52. The topological polar surface area (TPSA) is 21.3 Å². The molecule has 0 fully saturated rings. The van der Waals surface area contributed by atoms with Gasteiger partial charge in [0.1, 0.15) is 11.2 Å². The average molecular weight is 897 g/mol. The number of furan rings is 1. The Hall–Kier alpha value is -9.18. The van der Waals surface area contributed by atoms with E-state index in [0.29, 0.717) is 0 Å². The molecule has 0 unspecified atom stereocenters. The number of anilines is 3. The van der Waals surface area contributed by atoms with E-state index in [2.05, 4.69) is 260 Å². The van der Waals surface area contributed by atoms with Gasteiger partial charge in [0.05, 0.1) is 5.52 Å². The highest BCUT2D eigenvalue weighted by atomic mass is 16.3. The van der Waals surface area contributed by atoms with Crippen molar-refractivity contribution in [3.8, 4) is 61.3 Å². The molecule has 70 heavy (non-hydrogen) atoms. The van der Waals surface area contributed by atoms with Crippen molar-refractivity contribution < 1.29 is 4.42 Å². The molecule has 0 bridgehead atoms. The molecular weight excluding hydrogens is 849 g/mol. The van der Waals surface area contributed by atoms with Crippen LogP contribution >= 0.6 is 0 Å². The van der Waals surface area contributed by atoms with Crippen LogP contribution in [0.2, 0.25) is 0 Å². The van der Waals surface area contributed by atoms with Gasteiger partial charge >= 0.3 is 0 Å².